The summed E-state index contributed by atoms with van der Waals surface area (Å²) in [4.78, 5) is 24.2. The minimum absolute atomic E-state index is 0.245. The van der Waals surface area contributed by atoms with Gasteiger partial charge in [0.2, 0.25) is 5.91 Å². The largest absolute Gasteiger partial charge is 0.418 e. The number of rotatable bonds is 3. The van der Waals surface area contributed by atoms with Crippen molar-refractivity contribution in [2.45, 2.75) is 12.7 Å². The van der Waals surface area contributed by atoms with Crippen LogP contribution in [-0.2, 0) is 17.5 Å². The molecule has 0 aliphatic rings. The van der Waals surface area contributed by atoms with Crippen molar-refractivity contribution in [2.75, 3.05) is 5.32 Å². The zero-order chi connectivity index (χ0) is 18.2. The third kappa shape index (κ3) is 3.55. The van der Waals surface area contributed by atoms with Gasteiger partial charge in [0.15, 0.2) is 0 Å². The van der Waals surface area contributed by atoms with E-state index in [2.05, 4.69) is 5.32 Å². The third-order valence-corrected chi connectivity index (χ3v) is 4.45. The maximum absolute atomic E-state index is 13.2. The van der Waals surface area contributed by atoms with Crippen molar-refractivity contribution in [1.29, 1.82) is 0 Å². The van der Waals surface area contributed by atoms with Gasteiger partial charge >= 0.3 is 6.18 Å². The van der Waals surface area contributed by atoms with Crippen molar-refractivity contribution in [1.82, 2.24) is 3.96 Å². The first-order valence-corrected chi connectivity index (χ1v) is 7.78. The van der Waals surface area contributed by atoms with E-state index >= 15 is 0 Å². The first-order valence-electron chi connectivity index (χ1n) is 7.01. The van der Waals surface area contributed by atoms with Crippen LogP contribution < -0.4 is 10.9 Å². The van der Waals surface area contributed by atoms with Gasteiger partial charge in [-0.2, -0.15) is 13.2 Å². The number of carbonyl (C=O) groups excluding carboxylic acids is 1. The topological polar surface area (TPSA) is 51.1 Å². The lowest BCUT2D eigenvalue weighted by atomic mass is 10.1. The number of benzene rings is 2. The normalized spacial score (nSPS) is 11.7. The smallest absolute Gasteiger partial charge is 0.324 e. The van der Waals surface area contributed by atoms with Gasteiger partial charge in [-0.15, -0.1) is 0 Å². The maximum atomic E-state index is 13.2. The second-order valence-electron chi connectivity index (χ2n) is 5.17. The van der Waals surface area contributed by atoms with E-state index in [1.807, 2.05) is 0 Å². The molecule has 0 aliphatic heterocycles. The maximum Gasteiger partial charge on any atom is 0.418 e. The number of hydrogen-bond acceptors (Lipinski definition) is 3. The average Bonchev–Trinajstić information content (AvgIpc) is 2.82. The minimum Gasteiger partial charge on any atom is -0.324 e. The summed E-state index contributed by atoms with van der Waals surface area (Å²) in [5.41, 5.74) is -1.87. The van der Waals surface area contributed by atoms with Crippen LogP contribution in [0.25, 0.3) is 10.1 Å². The molecule has 0 atom stereocenters. The van der Waals surface area contributed by atoms with E-state index in [1.54, 1.807) is 0 Å². The molecule has 0 saturated heterocycles. The summed E-state index contributed by atoms with van der Waals surface area (Å²) in [6.07, 6.45) is -4.62. The Morgan fingerprint density at radius 3 is 2.60 bits per heavy atom. The molecule has 1 N–H and O–H groups in total. The van der Waals surface area contributed by atoms with Gasteiger partial charge in [0.1, 0.15) is 12.4 Å². The number of para-hydroxylation sites is 1. The molecule has 1 amide bonds. The van der Waals surface area contributed by atoms with Gasteiger partial charge < -0.3 is 5.32 Å². The zero-order valence-corrected chi connectivity index (χ0v) is 13.2. The fraction of sp³-hybridized carbons (Fsp3) is 0.125. The standard InChI is InChI=1S/C16H10F4N2O2S/c17-9-5-6-10-13(7-9)25-22(15(10)24)8-14(23)21-12-4-2-1-3-11(12)16(18,19)20/h1-7H,8H2,(H,21,23). The first-order chi connectivity index (χ1) is 11.8. The predicted molar refractivity (Wildman–Crippen MR) is 86.1 cm³/mol. The summed E-state index contributed by atoms with van der Waals surface area (Å²) in [5.74, 6) is -1.31. The number of anilines is 1. The molecule has 25 heavy (non-hydrogen) atoms. The van der Waals surface area contributed by atoms with Crippen LogP contribution in [-0.4, -0.2) is 9.86 Å². The number of nitrogens with zero attached hydrogens (tertiary/aromatic N) is 1. The van der Waals surface area contributed by atoms with Crippen LogP contribution in [0.3, 0.4) is 0 Å². The number of alkyl halides is 3. The van der Waals surface area contributed by atoms with E-state index in [9.17, 15) is 27.2 Å². The molecule has 9 heteroatoms. The van der Waals surface area contributed by atoms with E-state index in [-0.39, 0.29) is 11.1 Å². The Morgan fingerprint density at radius 2 is 1.88 bits per heavy atom. The lowest BCUT2D eigenvalue weighted by Crippen LogP contribution is -2.24. The van der Waals surface area contributed by atoms with Crippen LogP contribution in [0.15, 0.2) is 47.3 Å². The number of nitrogens with one attached hydrogen (secondary N) is 1. The van der Waals surface area contributed by atoms with E-state index < -0.39 is 35.6 Å². The molecule has 3 rings (SSSR count). The molecule has 0 aliphatic carbocycles. The number of aromatic nitrogens is 1. The Labute approximate surface area is 142 Å². The highest BCUT2D eigenvalue weighted by atomic mass is 32.1. The molecule has 0 bridgehead atoms. The molecule has 1 aromatic heterocycles. The van der Waals surface area contributed by atoms with Gasteiger partial charge in [-0.25, -0.2) is 4.39 Å². The Kier molecular flexibility index (Phi) is 4.34. The molecule has 0 fully saturated rings. The van der Waals surface area contributed by atoms with Gasteiger partial charge in [-0.3, -0.25) is 13.5 Å². The van der Waals surface area contributed by atoms with E-state index in [4.69, 9.17) is 0 Å². The first kappa shape index (κ1) is 17.2. The molecule has 2 aromatic carbocycles. The highest BCUT2D eigenvalue weighted by Crippen LogP contribution is 2.34. The van der Waals surface area contributed by atoms with Crippen molar-refractivity contribution >= 4 is 33.2 Å². The Morgan fingerprint density at radius 1 is 1.16 bits per heavy atom. The molecular weight excluding hydrogens is 360 g/mol. The van der Waals surface area contributed by atoms with E-state index in [0.29, 0.717) is 4.70 Å². The van der Waals surface area contributed by atoms with Crippen molar-refractivity contribution in [3.63, 3.8) is 0 Å². The number of hydrogen-bond donors (Lipinski definition) is 1. The second-order valence-corrected chi connectivity index (χ2v) is 6.23. The van der Waals surface area contributed by atoms with Crippen molar-refractivity contribution < 1.29 is 22.4 Å². The lowest BCUT2D eigenvalue weighted by molar-refractivity contribution is -0.137. The zero-order valence-electron chi connectivity index (χ0n) is 12.4. The third-order valence-electron chi connectivity index (χ3n) is 3.40. The molecule has 0 unspecified atom stereocenters. The summed E-state index contributed by atoms with van der Waals surface area (Å²) in [6.45, 7) is -0.466. The Balaban J connectivity index is 1.85. The number of fused-ring (bicyclic) bond motifs is 1. The lowest BCUT2D eigenvalue weighted by Gasteiger charge is -2.13. The van der Waals surface area contributed by atoms with Crippen molar-refractivity contribution in [2.24, 2.45) is 0 Å². The molecule has 0 spiro atoms. The van der Waals surface area contributed by atoms with Crippen molar-refractivity contribution in [3.8, 4) is 0 Å². The molecule has 3 aromatic rings. The van der Waals surface area contributed by atoms with Crippen LogP contribution >= 0.6 is 11.5 Å². The van der Waals surface area contributed by atoms with Crippen LogP contribution in [0.2, 0.25) is 0 Å². The second kappa shape index (κ2) is 6.32. The van der Waals surface area contributed by atoms with Crippen LogP contribution in [0.4, 0.5) is 23.2 Å². The van der Waals surface area contributed by atoms with Crippen LogP contribution in [0.5, 0.6) is 0 Å². The quantitative estimate of drug-likeness (QED) is 0.712. The molecule has 0 saturated carbocycles. The summed E-state index contributed by atoms with van der Waals surface area (Å²) >= 11 is 0.868. The van der Waals surface area contributed by atoms with E-state index in [0.717, 1.165) is 39.8 Å². The minimum atomic E-state index is -4.62. The SMILES string of the molecule is O=C(Cn1sc2cc(F)ccc2c1=O)Nc1ccccc1C(F)(F)F. The number of halogens is 4. The molecule has 1 heterocycles. The number of amides is 1. The summed E-state index contributed by atoms with van der Waals surface area (Å²) in [6, 6.07) is 8.14. The average molecular weight is 370 g/mol. The van der Waals surface area contributed by atoms with Crippen molar-refractivity contribution in [3.05, 3.63) is 64.2 Å². The van der Waals surface area contributed by atoms with Crippen LogP contribution in [0, 0.1) is 5.82 Å². The highest BCUT2D eigenvalue weighted by Gasteiger charge is 2.33. The molecule has 130 valence electrons. The fourth-order valence-electron chi connectivity index (χ4n) is 2.31. The Bertz CT molecular complexity index is 1010. The monoisotopic (exact) mass is 370 g/mol. The van der Waals surface area contributed by atoms with Gasteiger partial charge in [-0.05, 0) is 30.3 Å². The summed E-state index contributed by atoms with van der Waals surface area (Å²) in [5, 5.41) is 2.41. The number of carbonyl (C=O) groups is 1. The fourth-order valence-corrected chi connectivity index (χ4v) is 3.33. The molecule has 0 radical (unpaired) electrons. The summed E-state index contributed by atoms with van der Waals surface area (Å²) in [7, 11) is 0. The Hall–Kier alpha value is -2.68. The van der Waals surface area contributed by atoms with Gasteiger partial charge in [0.25, 0.3) is 5.56 Å². The molecular formula is C16H10F4N2O2S. The predicted octanol–water partition coefficient (Wildman–Crippen LogP) is 3.86. The highest BCUT2D eigenvalue weighted by molar-refractivity contribution is 7.13. The molecule has 4 nitrogen and oxygen atoms in total. The van der Waals surface area contributed by atoms with Gasteiger partial charge in [0.05, 0.1) is 21.3 Å². The van der Waals surface area contributed by atoms with Gasteiger partial charge in [-0.1, -0.05) is 23.7 Å². The van der Waals surface area contributed by atoms with Gasteiger partial charge in [0, 0.05) is 0 Å². The van der Waals surface area contributed by atoms with Crippen LogP contribution in [0.1, 0.15) is 5.56 Å². The summed E-state index contributed by atoms with van der Waals surface area (Å²) < 4.78 is 53.4. The van der Waals surface area contributed by atoms with E-state index in [1.165, 1.54) is 18.2 Å².